The normalized spacial score (nSPS) is 18.3. The van der Waals surface area contributed by atoms with E-state index in [1.165, 1.54) is 12.1 Å². The molecular weight excluding hydrogens is 263 g/mol. The molecule has 19 heavy (non-hydrogen) atoms. The number of rotatable bonds is 4. The lowest BCUT2D eigenvalue weighted by Crippen LogP contribution is -2.45. The third-order valence-electron chi connectivity index (χ3n) is 3.46. The zero-order chi connectivity index (χ0) is 13.8. The number of benzene rings is 1. The molecule has 1 fully saturated rings. The lowest BCUT2D eigenvalue weighted by Gasteiger charge is -2.35. The van der Waals surface area contributed by atoms with E-state index in [0.29, 0.717) is 5.02 Å². The highest BCUT2D eigenvalue weighted by atomic mass is 35.5. The summed E-state index contributed by atoms with van der Waals surface area (Å²) in [5.41, 5.74) is 2.11. The maximum atomic E-state index is 13.2. The molecule has 1 heterocycles. The molecule has 1 saturated heterocycles. The largest absolute Gasteiger partial charge is 0.314 e. The molecule has 1 atom stereocenters. The molecule has 0 radical (unpaired) electrons. The Morgan fingerprint density at radius 1 is 1.47 bits per heavy atom. The fourth-order valence-corrected chi connectivity index (χ4v) is 2.82. The van der Waals surface area contributed by atoms with E-state index in [2.05, 4.69) is 16.8 Å². The van der Waals surface area contributed by atoms with Crippen LogP contribution in [0.15, 0.2) is 30.4 Å². The summed E-state index contributed by atoms with van der Waals surface area (Å²) >= 11 is 6.21. The molecule has 0 saturated carbocycles. The van der Waals surface area contributed by atoms with Crippen molar-refractivity contribution in [3.63, 3.8) is 0 Å². The summed E-state index contributed by atoms with van der Waals surface area (Å²) in [7, 11) is 0. The van der Waals surface area contributed by atoms with Crippen LogP contribution in [-0.2, 0) is 0 Å². The highest BCUT2D eigenvalue weighted by Gasteiger charge is 2.24. The van der Waals surface area contributed by atoms with Crippen molar-refractivity contribution < 1.29 is 4.39 Å². The van der Waals surface area contributed by atoms with E-state index in [4.69, 9.17) is 11.6 Å². The van der Waals surface area contributed by atoms with Gasteiger partial charge in [-0.25, -0.2) is 4.39 Å². The fourth-order valence-electron chi connectivity index (χ4n) is 2.53. The molecule has 0 unspecified atom stereocenters. The van der Waals surface area contributed by atoms with Gasteiger partial charge < -0.3 is 5.32 Å². The molecule has 1 aliphatic rings. The number of nitrogens with zero attached hydrogens (tertiary/aromatic N) is 1. The summed E-state index contributed by atoms with van der Waals surface area (Å²) in [4.78, 5) is 2.39. The Balaban J connectivity index is 2.27. The van der Waals surface area contributed by atoms with Gasteiger partial charge in [-0.05, 0) is 31.0 Å². The van der Waals surface area contributed by atoms with Crippen LogP contribution in [0.25, 0.3) is 0 Å². The molecule has 0 amide bonds. The van der Waals surface area contributed by atoms with Crippen LogP contribution in [0.1, 0.15) is 24.9 Å². The van der Waals surface area contributed by atoms with Crippen LogP contribution >= 0.6 is 11.6 Å². The Morgan fingerprint density at radius 3 is 2.74 bits per heavy atom. The molecule has 0 spiro atoms. The van der Waals surface area contributed by atoms with E-state index in [9.17, 15) is 4.39 Å². The van der Waals surface area contributed by atoms with Crippen molar-refractivity contribution in [3.8, 4) is 0 Å². The van der Waals surface area contributed by atoms with Gasteiger partial charge in [0.1, 0.15) is 5.82 Å². The monoisotopic (exact) mass is 282 g/mol. The third kappa shape index (κ3) is 3.78. The van der Waals surface area contributed by atoms with Crippen LogP contribution in [0.4, 0.5) is 4.39 Å². The molecule has 4 heteroatoms. The highest BCUT2D eigenvalue weighted by Crippen LogP contribution is 2.32. The number of hydrogen-bond donors (Lipinski definition) is 1. The molecule has 104 valence electrons. The van der Waals surface area contributed by atoms with Crippen LogP contribution in [0.5, 0.6) is 0 Å². The molecule has 1 aromatic rings. The maximum Gasteiger partial charge on any atom is 0.124 e. The van der Waals surface area contributed by atoms with Crippen molar-refractivity contribution in [1.82, 2.24) is 10.2 Å². The minimum absolute atomic E-state index is 0.188. The average Bonchev–Trinajstić information content (AvgIpc) is 2.37. The second kappa shape index (κ2) is 6.51. The minimum Gasteiger partial charge on any atom is -0.314 e. The molecule has 2 nitrogen and oxygen atoms in total. The summed E-state index contributed by atoms with van der Waals surface area (Å²) in [6.07, 6.45) is 0.853. The van der Waals surface area contributed by atoms with Gasteiger partial charge >= 0.3 is 0 Å². The van der Waals surface area contributed by atoms with Crippen LogP contribution in [-0.4, -0.2) is 31.1 Å². The highest BCUT2D eigenvalue weighted by molar-refractivity contribution is 6.31. The number of piperazine rings is 1. The van der Waals surface area contributed by atoms with Crippen molar-refractivity contribution in [2.24, 2.45) is 0 Å². The third-order valence-corrected chi connectivity index (χ3v) is 3.78. The first-order valence-corrected chi connectivity index (χ1v) is 7.00. The number of hydrogen-bond acceptors (Lipinski definition) is 2. The molecule has 1 aliphatic heterocycles. The predicted octanol–water partition coefficient (Wildman–Crippen LogP) is 3.39. The van der Waals surface area contributed by atoms with Gasteiger partial charge in [0.05, 0.1) is 0 Å². The van der Waals surface area contributed by atoms with Crippen molar-refractivity contribution in [2.45, 2.75) is 19.4 Å². The smallest absolute Gasteiger partial charge is 0.124 e. The van der Waals surface area contributed by atoms with Gasteiger partial charge in [-0.2, -0.15) is 0 Å². The van der Waals surface area contributed by atoms with Crippen molar-refractivity contribution in [1.29, 1.82) is 0 Å². The van der Waals surface area contributed by atoms with Crippen molar-refractivity contribution >= 4 is 11.6 Å². The van der Waals surface area contributed by atoms with E-state index in [1.807, 2.05) is 6.92 Å². The van der Waals surface area contributed by atoms with Gasteiger partial charge in [-0.3, -0.25) is 4.90 Å². The Morgan fingerprint density at radius 2 is 2.16 bits per heavy atom. The van der Waals surface area contributed by atoms with Crippen LogP contribution < -0.4 is 5.32 Å². The van der Waals surface area contributed by atoms with Gasteiger partial charge in [0.25, 0.3) is 0 Å². The first kappa shape index (κ1) is 14.5. The fraction of sp³-hybridized carbons (Fsp3) is 0.467. The van der Waals surface area contributed by atoms with E-state index in [0.717, 1.165) is 43.7 Å². The van der Waals surface area contributed by atoms with Gasteiger partial charge in [0, 0.05) is 37.2 Å². The summed E-state index contributed by atoms with van der Waals surface area (Å²) in [5, 5.41) is 3.85. The number of nitrogens with one attached hydrogen (secondary N) is 1. The molecule has 0 bridgehead atoms. The molecule has 1 aromatic carbocycles. The van der Waals surface area contributed by atoms with E-state index < -0.39 is 0 Å². The molecule has 2 rings (SSSR count). The van der Waals surface area contributed by atoms with Gasteiger partial charge in [-0.1, -0.05) is 23.2 Å². The van der Waals surface area contributed by atoms with E-state index in [1.54, 1.807) is 6.07 Å². The summed E-state index contributed by atoms with van der Waals surface area (Å²) < 4.78 is 13.2. The first-order valence-electron chi connectivity index (χ1n) is 6.62. The zero-order valence-electron chi connectivity index (χ0n) is 11.3. The quantitative estimate of drug-likeness (QED) is 0.852. The standard InChI is InChI=1S/C15H20ClFN2/c1-11(2)9-15(19-7-5-18-6-8-19)13-4-3-12(17)10-14(13)16/h3-4,10,15,18H,1,5-9H2,2H3/t15-/m1/s1. The van der Waals surface area contributed by atoms with E-state index in [-0.39, 0.29) is 11.9 Å². The second-order valence-electron chi connectivity index (χ2n) is 5.13. The summed E-state index contributed by atoms with van der Waals surface area (Å²) in [6, 6.07) is 4.86. The predicted molar refractivity (Wildman–Crippen MR) is 78.0 cm³/mol. The second-order valence-corrected chi connectivity index (χ2v) is 5.54. The Kier molecular flexibility index (Phi) is 4.97. The average molecular weight is 283 g/mol. The SMILES string of the molecule is C=C(C)C[C@H](c1ccc(F)cc1Cl)N1CCNCC1. The zero-order valence-corrected chi connectivity index (χ0v) is 12.0. The maximum absolute atomic E-state index is 13.2. The molecule has 0 aromatic heterocycles. The topological polar surface area (TPSA) is 15.3 Å². The Labute approximate surface area is 119 Å². The lowest BCUT2D eigenvalue weighted by atomic mass is 9.98. The summed E-state index contributed by atoms with van der Waals surface area (Å²) in [5.74, 6) is -0.289. The van der Waals surface area contributed by atoms with Crippen LogP contribution in [0.2, 0.25) is 5.02 Å². The van der Waals surface area contributed by atoms with Crippen molar-refractivity contribution in [3.05, 3.63) is 46.8 Å². The molecular formula is C15H20ClFN2. The van der Waals surface area contributed by atoms with Gasteiger partial charge in [-0.15, -0.1) is 6.58 Å². The van der Waals surface area contributed by atoms with E-state index >= 15 is 0 Å². The van der Waals surface area contributed by atoms with Crippen LogP contribution in [0, 0.1) is 5.82 Å². The molecule has 0 aliphatic carbocycles. The number of halogens is 2. The van der Waals surface area contributed by atoms with Crippen LogP contribution in [0.3, 0.4) is 0 Å². The Hall–Kier alpha value is -0.900. The molecule has 1 N–H and O–H groups in total. The first-order chi connectivity index (χ1) is 9.08. The lowest BCUT2D eigenvalue weighted by molar-refractivity contribution is 0.172. The van der Waals surface area contributed by atoms with Crippen molar-refractivity contribution in [2.75, 3.05) is 26.2 Å². The van der Waals surface area contributed by atoms with Gasteiger partial charge in [0.15, 0.2) is 0 Å². The Bertz CT molecular complexity index is 455. The van der Waals surface area contributed by atoms with Gasteiger partial charge in [0.2, 0.25) is 0 Å². The minimum atomic E-state index is -0.289. The summed E-state index contributed by atoms with van der Waals surface area (Å²) in [6.45, 7) is 9.93.